The monoisotopic (exact) mass is 498 g/mol. The summed E-state index contributed by atoms with van der Waals surface area (Å²) in [4.78, 5) is 44.5. The van der Waals surface area contributed by atoms with Gasteiger partial charge in [-0.2, -0.15) is 0 Å². The first-order valence-corrected chi connectivity index (χ1v) is 13.0. The number of ether oxygens (including phenoxy) is 1. The van der Waals surface area contributed by atoms with E-state index in [2.05, 4.69) is 13.2 Å². The number of rotatable bonds is 10. The Morgan fingerprint density at radius 3 is 2.77 bits per heavy atom. The van der Waals surface area contributed by atoms with E-state index in [0.29, 0.717) is 19.4 Å². The number of carbonyl (C=O) groups is 3. The number of carbonyl (C=O) groups excluding carboxylic acids is 3. The van der Waals surface area contributed by atoms with Crippen molar-refractivity contribution in [2.24, 2.45) is 11.8 Å². The summed E-state index contributed by atoms with van der Waals surface area (Å²) < 4.78 is 4.70. The highest BCUT2D eigenvalue weighted by Crippen LogP contribution is 2.66. The molecule has 35 heavy (non-hydrogen) atoms. The molecule has 2 amide bonds. The van der Waals surface area contributed by atoms with Gasteiger partial charge in [-0.1, -0.05) is 30.9 Å². The van der Waals surface area contributed by atoms with E-state index in [0.717, 1.165) is 23.2 Å². The number of hydrogen-bond acceptors (Lipinski definition) is 6. The highest BCUT2D eigenvalue weighted by atomic mass is 32.2. The van der Waals surface area contributed by atoms with E-state index in [1.165, 1.54) is 6.08 Å². The number of esters is 1. The van der Waals surface area contributed by atoms with Crippen LogP contribution in [0.2, 0.25) is 0 Å². The molecule has 0 radical (unpaired) electrons. The largest absolute Gasteiger partial charge is 0.461 e. The molecule has 7 nitrogen and oxygen atoms in total. The number of aliphatic hydroxyl groups is 1. The second kappa shape index (κ2) is 10.2. The Balaban J connectivity index is 1.77. The Bertz CT molecular complexity index is 1040. The molecule has 4 rings (SSSR count). The summed E-state index contributed by atoms with van der Waals surface area (Å²) in [7, 11) is 0. The van der Waals surface area contributed by atoms with Crippen LogP contribution in [0.5, 0.6) is 0 Å². The van der Waals surface area contributed by atoms with E-state index < -0.39 is 28.6 Å². The summed E-state index contributed by atoms with van der Waals surface area (Å²) in [5.74, 6) is -1.94. The lowest BCUT2D eigenvalue weighted by Gasteiger charge is -2.37. The van der Waals surface area contributed by atoms with Crippen molar-refractivity contribution < 1.29 is 24.2 Å². The molecule has 1 N–H and O–H groups in total. The standard InChI is InChI=1S/C27H34N2O5S/c1-5-12-28(19-16-17(3)8-9-18(19)4)25(32)23-27-11-10-20(35-27)21(26(33)34-15-6-2)22(27)24(31)29(23)13-7-14-30/h5-6,8-9,16,20-23,30H,1-2,7,10-15H2,3-4H3/t20-,21+,22+,23?,27?/m1/s1. The Morgan fingerprint density at radius 2 is 2.09 bits per heavy atom. The van der Waals surface area contributed by atoms with Crippen LogP contribution in [0.25, 0.3) is 0 Å². The van der Waals surface area contributed by atoms with E-state index >= 15 is 0 Å². The predicted molar refractivity (Wildman–Crippen MR) is 137 cm³/mol. The highest BCUT2D eigenvalue weighted by molar-refractivity contribution is 8.02. The third-order valence-electron chi connectivity index (χ3n) is 7.44. The molecule has 0 saturated carbocycles. The normalized spacial score (nSPS) is 28.7. The topological polar surface area (TPSA) is 87.1 Å². The highest BCUT2D eigenvalue weighted by Gasteiger charge is 2.74. The van der Waals surface area contributed by atoms with Crippen LogP contribution in [0.3, 0.4) is 0 Å². The van der Waals surface area contributed by atoms with Crippen LogP contribution in [0, 0.1) is 25.7 Å². The zero-order chi connectivity index (χ0) is 25.3. The molecule has 0 aliphatic carbocycles. The van der Waals surface area contributed by atoms with Gasteiger partial charge in [-0.15, -0.1) is 18.3 Å². The first-order chi connectivity index (χ1) is 16.8. The van der Waals surface area contributed by atoms with Gasteiger partial charge in [0.15, 0.2) is 0 Å². The molecule has 8 heteroatoms. The van der Waals surface area contributed by atoms with Gasteiger partial charge in [0.05, 0.1) is 16.6 Å². The van der Waals surface area contributed by atoms with Gasteiger partial charge in [-0.05, 0) is 50.3 Å². The third-order valence-corrected chi connectivity index (χ3v) is 9.39. The fourth-order valence-corrected chi connectivity index (χ4v) is 8.21. The number of hydrogen-bond donors (Lipinski definition) is 1. The number of anilines is 1. The van der Waals surface area contributed by atoms with Crippen molar-refractivity contribution in [3.8, 4) is 0 Å². The minimum atomic E-state index is -0.724. The van der Waals surface area contributed by atoms with Gasteiger partial charge in [0.25, 0.3) is 5.91 Å². The van der Waals surface area contributed by atoms with Crippen molar-refractivity contribution in [2.45, 2.75) is 49.1 Å². The number of likely N-dealkylation sites (tertiary alicyclic amines) is 1. The molecule has 0 aromatic heterocycles. The summed E-state index contributed by atoms with van der Waals surface area (Å²) in [6, 6.07) is 5.25. The predicted octanol–water partition coefficient (Wildman–Crippen LogP) is 3.03. The second-order valence-corrected chi connectivity index (χ2v) is 11.2. The second-order valence-electron chi connectivity index (χ2n) is 9.61. The van der Waals surface area contributed by atoms with Crippen LogP contribution in [-0.4, -0.2) is 70.1 Å². The molecule has 1 aromatic rings. The Labute approximate surface area is 211 Å². The number of fused-ring (bicyclic) bond motifs is 1. The number of thioether (sulfide) groups is 1. The van der Waals surface area contributed by atoms with Crippen LogP contribution in [-0.2, 0) is 19.1 Å². The zero-order valence-electron chi connectivity index (χ0n) is 20.4. The van der Waals surface area contributed by atoms with Gasteiger partial charge in [-0.25, -0.2) is 0 Å². The van der Waals surface area contributed by atoms with Crippen LogP contribution in [0.1, 0.15) is 30.4 Å². The van der Waals surface area contributed by atoms with Crippen molar-refractivity contribution in [1.29, 1.82) is 0 Å². The lowest BCUT2D eigenvalue weighted by molar-refractivity contribution is -0.153. The Hall–Kier alpha value is -2.58. The molecule has 1 spiro atoms. The van der Waals surface area contributed by atoms with Gasteiger partial charge in [-0.3, -0.25) is 14.4 Å². The number of amides is 2. The molecule has 3 fully saturated rings. The van der Waals surface area contributed by atoms with Gasteiger partial charge >= 0.3 is 5.97 Å². The van der Waals surface area contributed by atoms with E-state index in [-0.39, 0.29) is 36.8 Å². The summed E-state index contributed by atoms with van der Waals surface area (Å²) in [5.41, 5.74) is 2.79. The van der Waals surface area contributed by atoms with Crippen molar-refractivity contribution in [1.82, 2.24) is 4.90 Å². The molecular weight excluding hydrogens is 464 g/mol. The van der Waals surface area contributed by atoms with Gasteiger partial charge in [0, 0.05) is 30.6 Å². The Morgan fingerprint density at radius 1 is 1.31 bits per heavy atom. The van der Waals surface area contributed by atoms with Crippen molar-refractivity contribution in [3.63, 3.8) is 0 Å². The maximum atomic E-state index is 14.4. The van der Waals surface area contributed by atoms with Gasteiger partial charge in [0.1, 0.15) is 12.6 Å². The number of benzene rings is 1. The number of aliphatic hydroxyl groups excluding tert-OH is 1. The Kier molecular flexibility index (Phi) is 7.43. The SMILES string of the molecule is C=CCOC(=O)[C@@H]1[C@H]2C(=O)N(CCCO)C(C(=O)N(CC=C)c3cc(C)ccc3C)C23CC[C@H]1S3. The third kappa shape index (κ3) is 4.20. The average Bonchev–Trinajstić information content (AvgIpc) is 3.48. The first kappa shape index (κ1) is 25.5. The maximum absolute atomic E-state index is 14.4. The van der Waals surface area contributed by atoms with Gasteiger partial charge < -0.3 is 19.6 Å². The molecule has 3 aliphatic heterocycles. The van der Waals surface area contributed by atoms with E-state index in [1.807, 2.05) is 32.0 Å². The van der Waals surface area contributed by atoms with Crippen LogP contribution >= 0.6 is 11.8 Å². The molecular formula is C27H34N2O5S. The molecule has 2 unspecified atom stereocenters. The van der Waals surface area contributed by atoms with E-state index in [4.69, 9.17) is 4.74 Å². The summed E-state index contributed by atoms with van der Waals surface area (Å²) in [5, 5.41) is 9.46. The van der Waals surface area contributed by atoms with Gasteiger partial charge in [0.2, 0.25) is 5.91 Å². The minimum Gasteiger partial charge on any atom is -0.461 e. The fraction of sp³-hybridized carbons (Fsp3) is 0.519. The quantitative estimate of drug-likeness (QED) is 0.394. The maximum Gasteiger partial charge on any atom is 0.311 e. The molecule has 2 bridgehead atoms. The number of aryl methyl sites for hydroxylation is 2. The molecule has 5 atom stereocenters. The van der Waals surface area contributed by atoms with Crippen molar-refractivity contribution in [2.75, 3.05) is 31.2 Å². The molecule has 3 heterocycles. The minimum absolute atomic E-state index is 0.0508. The fourth-order valence-electron chi connectivity index (χ4n) is 6.01. The smallest absolute Gasteiger partial charge is 0.311 e. The van der Waals surface area contributed by atoms with Crippen molar-refractivity contribution >= 4 is 35.2 Å². The molecule has 1 aromatic carbocycles. The first-order valence-electron chi connectivity index (χ1n) is 12.2. The zero-order valence-corrected chi connectivity index (χ0v) is 21.3. The summed E-state index contributed by atoms with van der Waals surface area (Å²) in [6.07, 6.45) is 5.01. The van der Waals surface area contributed by atoms with Crippen LogP contribution in [0.4, 0.5) is 5.69 Å². The number of nitrogens with zero attached hydrogens (tertiary/aromatic N) is 2. The summed E-state index contributed by atoms with van der Waals surface area (Å²) in [6.45, 7) is 12.0. The molecule has 188 valence electrons. The van der Waals surface area contributed by atoms with Crippen molar-refractivity contribution in [3.05, 3.63) is 54.6 Å². The molecule has 3 aliphatic rings. The summed E-state index contributed by atoms with van der Waals surface area (Å²) >= 11 is 1.61. The average molecular weight is 499 g/mol. The van der Waals surface area contributed by atoms with E-state index in [1.54, 1.807) is 27.6 Å². The van der Waals surface area contributed by atoms with E-state index in [9.17, 15) is 19.5 Å². The lowest BCUT2D eigenvalue weighted by Crippen LogP contribution is -2.55. The molecule has 3 saturated heterocycles. The van der Waals surface area contributed by atoms with Crippen LogP contribution < -0.4 is 4.90 Å². The lowest BCUT2D eigenvalue weighted by atomic mass is 9.71. The van der Waals surface area contributed by atoms with Crippen LogP contribution in [0.15, 0.2) is 43.5 Å².